The van der Waals surface area contributed by atoms with Crippen LogP contribution in [-0.4, -0.2) is 29.1 Å². The number of rotatable bonds is 7. The molecule has 0 saturated heterocycles. The van der Waals surface area contributed by atoms with E-state index in [0.29, 0.717) is 23.2 Å². The van der Waals surface area contributed by atoms with E-state index < -0.39 is 18.0 Å². The van der Waals surface area contributed by atoms with Gasteiger partial charge in [-0.05, 0) is 89.4 Å². The number of hydrogen-bond acceptors (Lipinski definition) is 6. The third kappa shape index (κ3) is 7.03. The van der Waals surface area contributed by atoms with Gasteiger partial charge in [-0.15, -0.1) is 0 Å². The van der Waals surface area contributed by atoms with Crippen LogP contribution in [0.3, 0.4) is 0 Å². The first-order valence-corrected chi connectivity index (χ1v) is 12.0. The van der Waals surface area contributed by atoms with Crippen LogP contribution in [0.1, 0.15) is 75.4 Å². The van der Waals surface area contributed by atoms with Gasteiger partial charge in [0.1, 0.15) is 0 Å². The Morgan fingerprint density at radius 1 is 0.778 bits per heavy atom. The second-order valence-electron chi connectivity index (χ2n) is 10.3. The summed E-state index contributed by atoms with van der Waals surface area (Å²) in [4.78, 5) is 26.1. The van der Waals surface area contributed by atoms with Crippen LogP contribution in [0.5, 0.6) is 11.5 Å². The Morgan fingerprint density at radius 3 is 1.78 bits per heavy atom. The zero-order valence-corrected chi connectivity index (χ0v) is 22.1. The van der Waals surface area contributed by atoms with E-state index in [9.17, 15) is 14.7 Å². The first kappa shape index (κ1) is 27.1. The van der Waals surface area contributed by atoms with Crippen molar-refractivity contribution >= 4 is 11.9 Å². The topological polar surface area (TPSA) is 84.9 Å². The molecule has 0 aromatic heterocycles. The molecule has 0 saturated carbocycles. The number of nitrogens with one attached hydrogen (secondary N) is 1. The summed E-state index contributed by atoms with van der Waals surface area (Å²) >= 11 is 0. The Morgan fingerprint density at radius 2 is 1.28 bits per heavy atom. The van der Waals surface area contributed by atoms with Crippen molar-refractivity contribution in [1.29, 1.82) is 0 Å². The predicted octanol–water partition coefficient (Wildman–Crippen LogP) is 5.78. The van der Waals surface area contributed by atoms with Crippen molar-refractivity contribution < 1.29 is 24.2 Å². The van der Waals surface area contributed by atoms with E-state index in [-0.39, 0.29) is 17.0 Å². The molecular formula is C30H35NO5. The monoisotopic (exact) mass is 489 g/mol. The van der Waals surface area contributed by atoms with Crippen molar-refractivity contribution in [2.45, 2.75) is 60.1 Å². The van der Waals surface area contributed by atoms with Gasteiger partial charge >= 0.3 is 11.9 Å². The molecule has 0 amide bonds. The lowest BCUT2D eigenvalue weighted by atomic mass is 10.0. The van der Waals surface area contributed by atoms with Crippen LogP contribution >= 0.6 is 0 Å². The van der Waals surface area contributed by atoms with E-state index in [2.05, 4.69) is 5.32 Å². The number of esters is 2. The maximum Gasteiger partial charge on any atom is 0.343 e. The van der Waals surface area contributed by atoms with Crippen molar-refractivity contribution in [3.05, 3.63) is 93.5 Å². The van der Waals surface area contributed by atoms with E-state index in [0.717, 1.165) is 22.3 Å². The van der Waals surface area contributed by atoms with Gasteiger partial charge in [-0.1, -0.05) is 41.5 Å². The van der Waals surface area contributed by atoms with Gasteiger partial charge in [0.25, 0.3) is 0 Å². The average molecular weight is 490 g/mol. The van der Waals surface area contributed by atoms with Gasteiger partial charge in [-0.3, -0.25) is 0 Å². The van der Waals surface area contributed by atoms with Crippen LogP contribution < -0.4 is 14.8 Å². The molecule has 6 nitrogen and oxygen atoms in total. The van der Waals surface area contributed by atoms with E-state index in [1.807, 2.05) is 72.7 Å². The summed E-state index contributed by atoms with van der Waals surface area (Å²) in [5, 5.41) is 14.0. The highest BCUT2D eigenvalue weighted by atomic mass is 16.6. The molecule has 3 aromatic carbocycles. The van der Waals surface area contributed by atoms with Crippen LogP contribution in [0.4, 0.5) is 0 Å². The Kier molecular flexibility index (Phi) is 8.33. The highest BCUT2D eigenvalue weighted by Crippen LogP contribution is 2.33. The number of carbonyl (C=O) groups excluding carboxylic acids is 2. The molecule has 6 heteroatoms. The minimum absolute atomic E-state index is 0.0619. The lowest BCUT2D eigenvalue weighted by Gasteiger charge is -2.23. The summed E-state index contributed by atoms with van der Waals surface area (Å²) in [5.74, 6) is -0.964. The average Bonchev–Trinajstić information content (AvgIpc) is 2.81. The molecule has 0 fully saturated rings. The lowest BCUT2D eigenvalue weighted by molar-refractivity contribution is 0.0680. The number of ether oxygens (including phenoxy) is 2. The highest BCUT2D eigenvalue weighted by Gasteiger charge is 2.21. The summed E-state index contributed by atoms with van der Waals surface area (Å²) in [7, 11) is 0. The molecule has 0 aliphatic rings. The molecule has 0 radical (unpaired) electrons. The summed E-state index contributed by atoms with van der Waals surface area (Å²) in [6.07, 6.45) is -0.855. The Balaban J connectivity index is 1.96. The summed E-state index contributed by atoms with van der Waals surface area (Å²) < 4.78 is 11.4. The van der Waals surface area contributed by atoms with Gasteiger partial charge in [-0.25, -0.2) is 9.59 Å². The first-order valence-electron chi connectivity index (χ1n) is 12.0. The number of hydrogen-bond donors (Lipinski definition) is 2. The smallest absolute Gasteiger partial charge is 0.343 e. The number of carbonyl (C=O) groups is 2. The molecule has 3 aromatic rings. The molecule has 3 rings (SSSR count). The summed E-state index contributed by atoms with van der Waals surface area (Å²) in [6, 6.07) is 15.8. The second kappa shape index (κ2) is 11.1. The van der Waals surface area contributed by atoms with E-state index in [4.69, 9.17) is 9.47 Å². The second-order valence-corrected chi connectivity index (χ2v) is 10.3. The Hall–Kier alpha value is -3.48. The molecule has 36 heavy (non-hydrogen) atoms. The molecule has 0 bridgehead atoms. The molecule has 1 unspecified atom stereocenters. The fourth-order valence-electron chi connectivity index (χ4n) is 3.64. The largest absolute Gasteiger partial charge is 0.419 e. The van der Waals surface area contributed by atoms with Gasteiger partial charge in [0.2, 0.25) is 0 Å². The molecule has 0 aliphatic carbocycles. The SMILES string of the molecule is Cc1ccc(C)c(C(=O)Oc2ccc(C(O)CNC(C)(C)C)cc2OC(=O)c2cc(C)ccc2C)c1. The molecule has 0 aliphatic heterocycles. The minimum Gasteiger partial charge on any atom is -0.419 e. The predicted molar refractivity (Wildman–Crippen MR) is 141 cm³/mol. The van der Waals surface area contributed by atoms with Gasteiger partial charge < -0.3 is 19.9 Å². The molecule has 0 heterocycles. The van der Waals surface area contributed by atoms with Crippen LogP contribution in [0.2, 0.25) is 0 Å². The van der Waals surface area contributed by atoms with E-state index in [1.165, 1.54) is 0 Å². The van der Waals surface area contributed by atoms with Crippen LogP contribution in [0.25, 0.3) is 0 Å². The minimum atomic E-state index is -0.855. The summed E-state index contributed by atoms with van der Waals surface area (Å²) in [5.41, 5.74) is 4.60. The van der Waals surface area contributed by atoms with Crippen molar-refractivity contribution in [3.63, 3.8) is 0 Å². The molecular weight excluding hydrogens is 454 g/mol. The van der Waals surface area contributed by atoms with Gasteiger partial charge in [0, 0.05) is 12.1 Å². The maximum atomic E-state index is 13.1. The molecule has 2 N–H and O–H groups in total. The fourth-order valence-corrected chi connectivity index (χ4v) is 3.64. The zero-order chi connectivity index (χ0) is 26.6. The zero-order valence-electron chi connectivity index (χ0n) is 22.1. The molecule has 190 valence electrons. The third-order valence-electron chi connectivity index (χ3n) is 5.81. The standard InChI is InChI=1S/C30H35NO5/c1-18-8-10-20(3)23(14-18)28(33)35-26-13-12-22(25(32)17-31-30(5,6)7)16-27(26)36-29(34)24-15-19(2)9-11-21(24)4/h8-16,25,31-32H,17H2,1-7H3. The van der Waals surface area contributed by atoms with Crippen molar-refractivity contribution in [2.75, 3.05) is 6.54 Å². The van der Waals surface area contributed by atoms with Crippen molar-refractivity contribution in [3.8, 4) is 11.5 Å². The van der Waals surface area contributed by atoms with Gasteiger partial charge in [0.15, 0.2) is 11.5 Å². The van der Waals surface area contributed by atoms with Gasteiger partial charge in [-0.2, -0.15) is 0 Å². The quantitative estimate of drug-likeness (QED) is 0.323. The maximum absolute atomic E-state index is 13.1. The Bertz CT molecular complexity index is 1270. The molecule has 1 atom stereocenters. The van der Waals surface area contributed by atoms with E-state index >= 15 is 0 Å². The highest BCUT2D eigenvalue weighted by molar-refractivity contribution is 5.95. The number of benzene rings is 3. The number of aliphatic hydroxyl groups excluding tert-OH is 1. The van der Waals surface area contributed by atoms with Crippen LogP contribution in [-0.2, 0) is 0 Å². The fraction of sp³-hybridized carbons (Fsp3) is 0.333. The lowest BCUT2D eigenvalue weighted by Crippen LogP contribution is -2.38. The molecule has 0 spiro atoms. The van der Waals surface area contributed by atoms with Gasteiger partial charge in [0.05, 0.1) is 17.2 Å². The van der Waals surface area contributed by atoms with Crippen LogP contribution in [0, 0.1) is 27.7 Å². The number of β-amino-alcohol motifs (C(OH)–C–C–N with tert-alkyl or cyclic N) is 1. The van der Waals surface area contributed by atoms with E-state index in [1.54, 1.807) is 30.3 Å². The number of aryl methyl sites for hydroxylation is 4. The van der Waals surface area contributed by atoms with Crippen molar-refractivity contribution in [2.24, 2.45) is 0 Å². The summed E-state index contributed by atoms with van der Waals surface area (Å²) in [6.45, 7) is 13.8. The number of aliphatic hydroxyl groups is 1. The third-order valence-corrected chi connectivity index (χ3v) is 5.81. The normalized spacial score (nSPS) is 12.2. The van der Waals surface area contributed by atoms with Crippen molar-refractivity contribution in [1.82, 2.24) is 5.32 Å². The first-order chi connectivity index (χ1) is 16.8. The Labute approximate surface area is 213 Å². The van der Waals surface area contributed by atoms with Crippen LogP contribution in [0.15, 0.2) is 54.6 Å².